The fourth-order valence-electron chi connectivity index (χ4n) is 5.03. The zero-order valence-corrected chi connectivity index (χ0v) is 20.8. The average molecular weight is 489 g/mol. The van der Waals surface area contributed by atoms with Gasteiger partial charge in [-0.2, -0.15) is 0 Å². The largest absolute Gasteiger partial charge is 0.383 e. The van der Waals surface area contributed by atoms with Crippen LogP contribution >= 0.6 is 0 Å². The van der Waals surface area contributed by atoms with Crippen molar-refractivity contribution >= 4 is 34.2 Å². The number of nitrogens with zero attached hydrogens (tertiary/aromatic N) is 5. The van der Waals surface area contributed by atoms with Gasteiger partial charge < -0.3 is 23.9 Å². The minimum Gasteiger partial charge on any atom is -0.383 e. The molecule has 0 spiro atoms. The number of aromatic nitrogens is 4. The quantitative estimate of drug-likeness (QED) is 0.403. The molecule has 4 aromatic rings. The predicted octanol–water partition coefficient (Wildman–Crippen LogP) is 4.12. The summed E-state index contributed by atoms with van der Waals surface area (Å²) in [6.07, 6.45) is 10.6. The Bertz CT molecular complexity index is 1380. The number of nitrogens with one attached hydrogen (secondary N) is 1. The first-order valence-electron chi connectivity index (χ1n) is 12.5. The Kier molecular flexibility index (Phi) is 6.99. The van der Waals surface area contributed by atoms with Gasteiger partial charge in [0.1, 0.15) is 5.65 Å². The van der Waals surface area contributed by atoms with E-state index in [-0.39, 0.29) is 17.7 Å². The summed E-state index contributed by atoms with van der Waals surface area (Å²) in [4.78, 5) is 37.4. The van der Waals surface area contributed by atoms with Crippen LogP contribution in [0.4, 0.5) is 5.69 Å². The van der Waals surface area contributed by atoms with Gasteiger partial charge in [-0.3, -0.25) is 9.59 Å². The maximum absolute atomic E-state index is 13.8. The minimum absolute atomic E-state index is 0.0188. The van der Waals surface area contributed by atoms with Crippen LogP contribution in [0.3, 0.4) is 0 Å². The SMILES string of the molecule is COCCn1cnc2cc(NC(=O)C3CCCCC3)cc(C(=O)N(C)Cc3cnc4ccccn34)c21. The van der Waals surface area contributed by atoms with Crippen molar-refractivity contribution in [1.29, 1.82) is 0 Å². The van der Waals surface area contributed by atoms with E-state index in [9.17, 15) is 9.59 Å². The summed E-state index contributed by atoms with van der Waals surface area (Å²) < 4.78 is 9.16. The molecule has 0 atom stereocenters. The number of rotatable bonds is 8. The predicted molar refractivity (Wildman–Crippen MR) is 138 cm³/mol. The number of benzene rings is 1. The van der Waals surface area contributed by atoms with Gasteiger partial charge in [0.25, 0.3) is 5.91 Å². The summed E-state index contributed by atoms with van der Waals surface area (Å²) in [5.74, 6) is -0.116. The molecule has 188 valence electrons. The summed E-state index contributed by atoms with van der Waals surface area (Å²) in [6.45, 7) is 1.45. The Morgan fingerprint density at radius 2 is 2.00 bits per heavy atom. The maximum atomic E-state index is 13.8. The van der Waals surface area contributed by atoms with Crippen LogP contribution in [0, 0.1) is 5.92 Å². The van der Waals surface area contributed by atoms with Gasteiger partial charge in [-0.05, 0) is 37.1 Å². The highest BCUT2D eigenvalue weighted by atomic mass is 16.5. The van der Waals surface area contributed by atoms with E-state index in [2.05, 4.69) is 15.3 Å². The summed E-state index contributed by atoms with van der Waals surface area (Å²) in [6, 6.07) is 9.44. The van der Waals surface area contributed by atoms with Crippen LogP contribution in [-0.4, -0.2) is 56.4 Å². The topological polar surface area (TPSA) is 93.8 Å². The Morgan fingerprint density at radius 1 is 1.17 bits per heavy atom. The van der Waals surface area contributed by atoms with Crippen molar-refractivity contribution in [2.24, 2.45) is 5.92 Å². The van der Waals surface area contributed by atoms with Crippen molar-refractivity contribution < 1.29 is 14.3 Å². The average Bonchev–Trinajstić information content (AvgIpc) is 3.51. The molecule has 9 nitrogen and oxygen atoms in total. The Morgan fingerprint density at radius 3 is 2.81 bits per heavy atom. The number of imidazole rings is 2. The van der Waals surface area contributed by atoms with Crippen molar-refractivity contribution in [2.45, 2.75) is 45.2 Å². The maximum Gasteiger partial charge on any atom is 0.256 e. The number of fused-ring (bicyclic) bond motifs is 2. The number of amides is 2. The molecule has 0 bridgehead atoms. The van der Waals surface area contributed by atoms with E-state index >= 15 is 0 Å². The fourth-order valence-corrected chi connectivity index (χ4v) is 5.03. The van der Waals surface area contributed by atoms with E-state index in [1.807, 2.05) is 39.4 Å². The van der Waals surface area contributed by atoms with Crippen molar-refractivity contribution in [3.8, 4) is 0 Å². The molecular weight excluding hydrogens is 456 g/mol. The van der Waals surface area contributed by atoms with Gasteiger partial charge >= 0.3 is 0 Å². The van der Waals surface area contributed by atoms with E-state index in [1.165, 1.54) is 6.42 Å². The summed E-state index contributed by atoms with van der Waals surface area (Å²) in [7, 11) is 3.42. The molecule has 3 aromatic heterocycles. The van der Waals surface area contributed by atoms with Crippen LogP contribution in [0.25, 0.3) is 16.7 Å². The molecule has 0 radical (unpaired) electrons. The number of hydrogen-bond donors (Lipinski definition) is 1. The van der Waals surface area contributed by atoms with Gasteiger partial charge in [0, 0.05) is 38.5 Å². The molecule has 1 aliphatic carbocycles. The fraction of sp³-hybridized carbons (Fsp3) is 0.407. The summed E-state index contributed by atoms with van der Waals surface area (Å²) in [5.41, 5.74) is 4.24. The van der Waals surface area contributed by atoms with Crippen LogP contribution in [0.15, 0.2) is 49.1 Å². The van der Waals surface area contributed by atoms with E-state index in [1.54, 1.807) is 37.6 Å². The standard InChI is InChI=1S/C27H32N6O3/c1-31(17-21-16-28-24-10-6-7-11-33(21)24)27(35)22-14-20(30-26(34)19-8-4-3-5-9-19)15-23-25(22)32(18-29-23)12-13-36-2/h6-7,10-11,14-16,18-19H,3-5,8-9,12-13,17H2,1-2H3,(H,30,34). The number of carbonyl (C=O) groups is 2. The Balaban J connectivity index is 1.46. The molecule has 9 heteroatoms. The molecule has 1 fully saturated rings. The monoisotopic (exact) mass is 488 g/mol. The van der Waals surface area contributed by atoms with Crippen molar-refractivity contribution in [2.75, 3.05) is 26.1 Å². The smallest absolute Gasteiger partial charge is 0.256 e. The highest BCUT2D eigenvalue weighted by Crippen LogP contribution is 2.28. The van der Waals surface area contributed by atoms with Gasteiger partial charge in [-0.1, -0.05) is 25.3 Å². The number of carbonyl (C=O) groups excluding carboxylic acids is 2. The molecule has 0 aliphatic heterocycles. The lowest BCUT2D eigenvalue weighted by atomic mass is 9.88. The van der Waals surface area contributed by atoms with Gasteiger partial charge in [0.15, 0.2) is 0 Å². The van der Waals surface area contributed by atoms with Crippen LogP contribution < -0.4 is 5.32 Å². The Hall–Kier alpha value is -3.72. The second-order valence-corrected chi connectivity index (χ2v) is 9.49. The first kappa shape index (κ1) is 24.0. The van der Waals surface area contributed by atoms with Gasteiger partial charge in [0.05, 0.1) is 48.0 Å². The summed E-state index contributed by atoms with van der Waals surface area (Å²) >= 11 is 0. The van der Waals surface area contributed by atoms with Gasteiger partial charge in [-0.25, -0.2) is 9.97 Å². The number of ether oxygens (including phenoxy) is 1. The highest BCUT2D eigenvalue weighted by Gasteiger charge is 2.24. The van der Waals surface area contributed by atoms with Crippen molar-refractivity contribution in [3.05, 3.63) is 60.3 Å². The van der Waals surface area contributed by atoms with Crippen LogP contribution in [0.2, 0.25) is 0 Å². The molecule has 1 aliphatic rings. The van der Waals surface area contributed by atoms with E-state index in [4.69, 9.17) is 4.74 Å². The van der Waals surface area contributed by atoms with Crippen LogP contribution in [-0.2, 0) is 22.6 Å². The van der Waals surface area contributed by atoms with Crippen molar-refractivity contribution in [3.63, 3.8) is 0 Å². The lowest BCUT2D eigenvalue weighted by Gasteiger charge is -2.22. The zero-order chi connectivity index (χ0) is 25.1. The van der Waals surface area contributed by atoms with E-state index < -0.39 is 0 Å². The molecule has 1 aromatic carbocycles. The Labute approximate surface area is 210 Å². The first-order chi connectivity index (χ1) is 17.5. The van der Waals surface area contributed by atoms with Crippen LogP contribution in [0.5, 0.6) is 0 Å². The molecule has 0 unspecified atom stereocenters. The molecule has 1 N–H and O–H groups in total. The second kappa shape index (κ2) is 10.5. The zero-order valence-electron chi connectivity index (χ0n) is 20.8. The van der Waals surface area contributed by atoms with E-state index in [0.717, 1.165) is 42.5 Å². The molecule has 1 saturated carbocycles. The van der Waals surface area contributed by atoms with Gasteiger partial charge in [-0.15, -0.1) is 0 Å². The normalized spacial score (nSPS) is 14.4. The number of hydrogen-bond acceptors (Lipinski definition) is 5. The second-order valence-electron chi connectivity index (χ2n) is 9.49. The third kappa shape index (κ3) is 4.83. The third-order valence-corrected chi connectivity index (χ3v) is 6.96. The molecule has 5 rings (SSSR count). The molecule has 3 heterocycles. The molecule has 36 heavy (non-hydrogen) atoms. The number of methoxy groups -OCH3 is 1. The molecule has 2 amide bonds. The van der Waals surface area contributed by atoms with Crippen LogP contribution in [0.1, 0.15) is 48.2 Å². The number of anilines is 1. The number of pyridine rings is 1. The lowest BCUT2D eigenvalue weighted by molar-refractivity contribution is -0.120. The first-order valence-corrected chi connectivity index (χ1v) is 12.5. The van der Waals surface area contributed by atoms with Crippen molar-refractivity contribution in [1.82, 2.24) is 23.8 Å². The molecule has 0 saturated heterocycles. The minimum atomic E-state index is -0.154. The summed E-state index contributed by atoms with van der Waals surface area (Å²) in [5, 5.41) is 3.06. The van der Waals surface area contributed by atoms with Gasteiger partial charge in [0.2, 0.25) is 5.91 Å². The lowest BCUT2D eigenvalue weighted by Crippen LogP contribution is -2.28. The van der Waals surface area contributed by atoms with E-state index in [0.29, 0.717) is 36.5 Å². The highest BCUT2D eigenvalue weighted by molar-refractivity contribution is 6.07. The third-order valence-electron chi connectivity index (χ3n) is 6.96. The molecular formula is C27H32N6O3.